The molecule has 0 aliphatic carbocycles. The lowest BCUT2D eigenvalue weighted by atomic mass is 10.0. The molecule has 0 bridgehead atoms. The summed E-state index contributed by atoms with van der Waals surface area (Å²) in [6.45, 7) is 0.312. The third-order valence-corrected chi connectivity index (χ3v) is 4.97. The molecule has 0 saturated heterocycles. The molecule has 0 amide bonds. The van der Waals surface area contributed by atoms with Gasteiger partial charge in [-0.1, -0.05) is 40.5 Å². The van der Waals surface area contributed by atoms with Crippen molar-refractivity contribution in [1.29, 1.82) is 0 Å². The zero-order valence-electron chi connectivity index (χ0n) is 13.9. The van der Waals surface area contributed by atoms with E-state index in [1.54, 1.807) is 30.3 Å². The van der Waals surface area contributed by atoms with E-state index in [9.17, 15) is 10.2 Å². The number of rotatable bonds is 4. The molecular formula is C20H14Cl2N2O3. The SMILES string of the molecule is Oc1cc(O)c(-c2noc3ccccc23)cc1CNc1ccc(Cl)c(Cl)c1. The second-order valence-electron chi connectivity index (χ2n) is 6.01. The van der Waals surface area contributed by atoms with Gasteiger partial charge in [-0.3, -0.25) is 0 Å². The summed E-state index contributed by atoms with van der Waals surface area (Å²) in [5, 5.41) is 29.4. The quantitative estimate of drug-likeness (QED) is 0.401. The lowest BCUT2D eigenvalue weighted by molar-refractivity contribution is 0.444. The Bertz CT molecular complexity index is 1140. The van der Waals surface area contributed by atoms with Crippen LogP contribution in [0.25, 0.3) is 22.2 Å². The first-order valence-corrected chi connectivity index (χ1v) is 8.87. The Morgan fingerprint density at radius 3 is 2.56 bits per heavy atom. The fourth-order valence-corrected chi connectivity index (χ4v) is 3.13. The lowest BCUT2D eigenvalue weighted by Gasteiger charge is -2.11. The van der Waals surface area contributed by atoms with Crippen molar-refractivity contribution < 1.29 is 14.7 Å². The molecule has 3 N–H and O–H groups in total. The van der Waals surface area contributed by atoms with Crippen LogP contribution in [0.5, 0.6) is 11.5 Å². The second-order valence-corrected chi connectivity index (χ2v) is 6.82. The van der Waals surface area contributed by atoms with Crippen LogP contribution in [0.2, 0.25) is 10.0 Å². The van der Waals surface area contributed by atoms with Crippen molar-refractivity contribution >= 4 is 39.9 Å². The Hall–Kier alpha value is -2.89. The molecule has 0 spiro atoms. The number of aromatic nitrogens is 1. The third kappa shape index (κ3) is 3.39. The number of nitrogens with zero attached hydrogens (tertiary/aromatic N) is 1. The molecule has 0 unspecified atom stereocenters. The van der Waals surface area contributed by atoms with Gasteiger partial charge in [0, 0.05) is 34.8 Å². The van der Waals surface area contributed by atoms with Gasteiger partial charge in [-0.25, -0.2) is 0 Å². The highest BCUT2D eigenvalue weighted by Crippen LogP contribution is 2.38. The normalized spacial score (nSPS) is 11.0. The molecule has 5 nitrogen and oxygen atoms in total. The van der Waals surface area contributed by atoms with Gasteiger partial charge in [0.1, 0.15) is 17.2 Å². The van der Waals surface area contributed by atoms with Crippen molar-refractivity contribution in [2.45, 2.75) is 6.54 Å². The Kier molecular flexibility index (Phi) is 4.56. The number of aromatic hydroxyl groups is 2. The smallest absolute Gasteiger partial charge is 0.167 e. The molecule has 27 heavy (non-hydrogen) atoms. The monoisotopic (exact) mass is 400 g/mol. The molecule has 0 aliphatic heterocycles. The maximum Gasteiger partial charge on any atom is 0.167 e. The van der Waals surface area contributed by atoms with E-state index in [1.165, 1.54) is 6.07 Å². The summed E-state index contributed by atoms with van der Waals surface area (Å²) in [6, 6.07) is 15.5. The molecule has 0 atom stereocenters. The van der Waals surface area contributed by atoms with Crippen LogP contribution in [-0.2, 0) is 6.54 Å². The van der Waals surface area contributed by atoms with Gasteiger partial charge in [-0.15, -0.1) is 0 Å². The summed E-state index contributed by atoms with van der Waals surface area (Å²) >= 11 is 11.9. The number of fused-ring (bicyclic) bond motifs is 1. The van der Waals surface area contributed by atoms with Gasteiger partial charge in [0.25, 0.3) is 0 Å². The first-order chi connectivity index (χ1) is 13.0. The topological polar surface area (TPSA) is 78.5 Å². The zero-order valence-corrected chi connectivity index (χ0v) is 15.4. The second kappa shape index (κ2) is 7.02. The molecule has 1 heterocycles. The molecule has 0 radical (unpaired) electrons. The Morgan fingerprint density at radius 2 is 1.74 bits per heavy atom. The van der Waals surface area contributed by atoms with E-state index in [-0.39, 0.29) is 11.5 Å². The van der Waals surface area contributed by atoms with Crippen LogP contribution in [-0.4, -0.2) is 15.4 Å². The minimum Gasteiger partial charge on any atom is -0.507 e. The first kappa shape index (κ1) is 17.5. The van der Waals surface area contributed by atoms with E-state index in [4.69, 9.17) is 27.7 Å². The maximum atomic E-state index is 10.3. The van der Waals surface area contributed by atoms with E-state index in [2.05, 4.69) is 10.5 Å². The van der Waals surface area contributed by atoms with Crippen molar-refractivity contribution in [2.75, 3.05) is 5.32 Å². The minimum absolute atomic E-state index is 0.0309. The van der Waals surface area contributed by atoms with E-state index >= 15 is 0 Å². The van der Waals surface area contributed by atoms with Gasteiger partial charge in [-0.2, -0.15) is 0 Å². The number of nitrogens with one attached hydrogen (secondary N) is 1. The lowest BCUT2D eigenvalue weighted by Crippen LogP contribution is -2.00. The van der Waals surface area contributed by atoms with Crippen LogP contribution in [0.4, 0.5) is 5.69 Å². The predicted octanol–water partition coefficient (Wildman–Crippen LogP) is 5.82. The van der Waals surface area contributed by atoms with Gasteiger partial charge in [0.15, 0.2) is 5.58 Å². The average molecular weight is 401 g/mol. The van der Waals surface area contributed by atoms with E-state index in [0.717, 1.165) is 11.1 Å². The van der Waals surface area contributed by atoms with Gasteiger partial charge < -0.3 is 20.1 Å². The summed E-state index contributed by atoms with van der Waals surface area (Å²) in [5.41, 5.74) is 2.95. The van der Waals surface area contributed by atoms with Crippen molar-refractivity contribution in [3.8, 4) is 22.8 Å². The third-order valence-electron chi connectivity index (χ3n) is 4.23. The summed E-state index contributed by atoms with van der Waals surface area (Å²) < 4.78 is 5.32. The van der Waals surface area contributed by atoms with Crippen molar-refractivity contribution in [3.63, 3.8) is 0 Å². The summed E-state index contributed by atoms with van der Waals surface area (Å²) in [7, 11) is 0. The highest BCUT2D eigenvalue weighted by Gasteiger charge is 2.16. The Morgan fingerprint density at radius 1 is 0.926 bits per heavy atom. The summed E-state index contributed by atoms with van der Waals surface area (Å²) in [5.74, 6) is -0.110. The molecule has 0 saturated carbocycles. The highest BCUT2D eigenvalue weighted by molar-refractivity contribution is 6.42. The number of phenols is 2. The molecule has 0 aliphatic rings. The predicted molar refractivity (Wildman–Crippen MR) is 107 cm³/mol. The van der Waals surface area contributed by atoms with Gasteiger partial charge in [0.05, 0.1) is 10.0 Å². The first-order valence-electron chi connectivity index (χ1n) is 8.11. The average Bonchev–Trinajstić information content (AvgIpc) is 3.08. The van der Waals surface area contributed by atoms with Crippen molar-refractivity contribution in [3.05, 3.63) is 70.2 Å². The number of hydrogen-bond acceptors (Lipinski definition) is 5. The molecule has 136 valence electrons. The molecule has 3 aromatic carbocycles. The van der Waals surface area contributed by atoms with Crippen molar-refractivity contribution in [2.24, 2.45) is 0 Å². The van der Waals surface area contributed by atoms with E-state index < -0.39 is 0 Å². The summed E-state index contributed by atoms with van der Waals surface area (Å²) in [6.07, 6.45) is 0. The fraction of sp³-hybridized carbons (Fsp3) is 0.0500. The van der Waals surface area contributed by atoms with Crippen LogP contribution < -0.4 is 5.32 Å². The van der Waals surface area contributed by atoms with Crippen LogP contribution in [0.1, 0.15) is 5.56 Å². The molecular weight excluding hydrogens is 387 g/mol. The molecule has 1 aromatic heterocycles. The van der Waals surface area contributed by atoms with E-state index in [0.29, 0.717) is 39.0 Å². The number of hydrogen-bond donors (Lipinski definition) is 3. The van der Waals surface area contributed by atoms with Crippen LogP contribution in [0, 0.1) is 0 Å². The fourth-order valence-electron chi connectivity index (χ4n) is 2.84. The number of halogens is 2. The Labute approximate surface area is 164 Å². The Balaban J connectivity index is 1.68. The number of para-hydroxylation sites is 1. The largest absolute Gasteiger partial charge is 0.507 e. The molecule has 4 rings (SSSR count). The number of phenolic OH excluding ortho intramolecular Hbond substituents is 2. The standard InChI is InChI=1S/C20H14Cl2N2O3/c21-15-6-5-12(8-16(15)22)23-10-11-7-14(18(26)9-17(11)25)20-13-3-1-2-4-19(13)27-24-20/h1-9,23,25-26H,10H2. The summed E-state index contributed by atoms with van der Waals surface area (Å²) in [4.78, 5) is 0. The zero-order chi connectivity index (χ0) is 19.0. The highest BCUT2D eigenvalue weighted by atomic mass is 35.5. The van der Waals surface area contributed by atoms with Gasteiger partial charge in [-0.05, 0) is 36.4 Å². The van der Waals surface area contributed by atoms with E-state index in [1.807, 2.05) is 18.2 Å². The molecule has 0 fully saturated rings. The number of anilines is 1. The maximum absolute atomic E-state index is 10.3. The minimum atomic E-state index is -0.0789. The van der Waals surface area contributed by atoms with Gasteiger partial charge in [0.2, 0.25) is 0 Å². The molecule has 4 aromatic rings. The van der Waals surface area contributed by atoms with Crippen LogP contribution in [0.3, 0.4) is 0 Å². The van der Waals surface area contributed by atoms with Crippen molar-refractivity contribution in [1.82, 2.24) is 5.16 Å². The van der Waals surface area contributed by atoms with Crippen LogP contribution >= 0.6 is 23.2 Å². The van der Waals surface area contributed by atoms with Crippen LogP contribution in [0.15, 0.2) is 59.1 Å². The van der Waals surface area contributed by atoms with Gasteiger partial charge >= 0.3 is 0 Å². The number of benzene rings is 3. The molecule has 7 heteroatoms.